The quantitative estimate of drug-likeness (QED) is 0.309. The highest BCUT2D eigenvalue weighted by Crippen LogP contribution is 2.41. The number of ether oxygens (including phenoxy) is 1. The van der Waals surface area contributed by atoms with Crippen molar-refractivity contribution in [1.29, 1.82) is 0 Å². The zero-order valence-electron chi connectivity index (χ0n) is 21.2. The van der Waals surface area contributed by atoms with Gasteiger partial charge < -0.3 is 9.30 Å². The van der Waals surface area contributed by atoms with E-state index in [-0.39, 0.29) is 22.5 Å². The van der Waals surface area contributed by atoms with Crippen molar-refractivity contribution < 1.29 is 17.5 Å². The summed E-state index contributed by atoms with van der Waals surface area (Å²) in [4.78, 5) is 5.08. The molecule has 0 spiro atoms. The Morgan fingerprint density at radius 3 is 2.55 bits per heavy atom. The van der Waals surface area contributed by atoms with E-state index in [2.05, 4.69) is 27.0 Å². The van der Waals surface area contributed by atoms with Crippen LogP contribution in [-0.2, 0) is 28.3 Å². The normalized spacial score (nSPS) is 15.9. The Hall–Kier alpha value is -3.63. The Labute approximate surface area is 220 Å². The molecule has 0 aliphatic carbocycles. The van der Waals surface area contributed by atoms with Gasteiger partial charge in [0.05, 0.1) is 33.2 Å². The SMILES string of the molecule is Cn1nnc(CF)c1-c1cnc2c3ccc(S(C)(=O)=O)cc3n([C@H](c3ccccc3)C3CCOCC3)c2c1. The Balaban J connectivity index is 1.70. The minimum absolute atomic E-state index is 0.0859. The highest BCUT2D eigenvalue weighted by molar-refractivity contribution is 7.90. The van der Waals surface area contributed by atoms with E-state index in [1.807, 2.05) is 30.3 Å². The van der Waals surface area contributed by atoms with Crippen LogP contribution in [0.5, 0.6) is 0 Å². The number of benzene rings is 2. The number of fused-ring (bicyclic) bond motifs is 3. The average Bonchev–Trinajstić information content (AvgIpc) is 3.46. The molecule has 2 aromatic carbocycles. The number of hydrogen-bond donors (Lipinski definition) is 0. The second-order valence-electron chi connectivity index (χ2n) is 9.86. The van der Waals surface area contributed by atoms with Crippen molar-refractivity contribution in [2.45, 2.75) is 30.5 Å². The molecule has 0 unspecified atom stereocenters. The zero-order chi connectivity index (χ0) is 26.4. The summed E-state index contributed by atoms with van der Waals surface area (Å²) >= 11 is 0. The molecular formula is C28H28FN5O3S. The first-order chi connectivity index (χ1) is 18.4. The van der Waals surface area contributed by atoms with Crippen LogP contribution in [0.15, 0.2) is 65.7 Å². The third kappa shape index (κ3) is 4.17. The van der Waals surface area contributed by atoms with Gasteiger partial charge in [-0.3, -0.25) is 4.98 Å². The number of nitrogens with zero attached hydrogens (tertiary/aromatic N) is 5. The summed E-state index contributed by atoms with van der Waals surface area (Å²) in [6.45, 7) is 0.601. The molecule has 0 bridgehead atoms. The maximum absolute atomic E-state index is 13.8. The number of halogens is 1. The summed E-state index contributed by atoms with van der Waals surface area (Å²) in [6.07, 6.45) is 4.67. The average molecular weight is 534 g/mol. The van der Waals surface area contributed by atoms with Crippen LogP contribution in [0.25, 0.3) is 33.2 Å². The van der Waals surface area contributed by atoms with Crippen molar-refractivity contribution >= 4 is 31.8 Å². The first kappa shape index (κ1) is 24.7. The van der Waals surface area contributed by atoms with Gasteiger partial charge in [-0.05, 0) is 48.6 Å². The number of alkyl halides is 1. The standard InChI is InChI=1S/C28H28FN5O3S/c1-33-28(23(16-29)31-32-33)20-14-25-26(30-17-20)22-9-8-21(38(2,35)36)15-24(22)34(25)27(18-6-4-3-5-7-18)19-10-12-37-13-11-19/h3-9,14-15,17,19,27H,10-13,16H2,1-2H3/t27-/m1/s1. The predicted octanol–water partition coefficient (Wildman–Crippen LogP) is 4.87. The van der Waals surface area contributed by atoms with Crippen molar-refractivity contribution in [3.05, 3.63) is 72.1 Å². The lowest BCUT2D eigenvalue weighted by Crippen LogP contribution is -2.27. The predicted molar refractivity (Wildman–Crippen MR) is 143 cm³/mol. The summed E-state index contributed by atoms with van der Waals surface area (Å²) in [5, 5.41) is 8.85. The third-order valence-electron chi connectivity index (χ3n) is 7.47. The lowest BCUT2D eigenvalue weighted by Gasteiger charge is -2.33. The molecule has 196 valence electrons. The lowest BCUT2D eigenvalue weighted by atomic mass is 9.86. The van der Waals surface area contributed by atoms with Crippen LogP contribution in [0.4, 0.5) is 4.39 Å². The van der Waals surface area contributed by atoms with E-state index in [4.69, 9.17) is 9.72 Å². The molecule has 0 saturated carbocycles. The van der Waals surface area contributed by atoms with Gasteiger partial charge >= 0.3 is 0 Å². The molecular weight excluding hydrogens is 505 g/mol. The molecule has 0 radical (unpaired) electrons. The van der Waals surface area contributed by atoms with Crippen LogP contribution < -0.4 is 0 Å². The maximum atomic E-state index is 13.8. The van der Waals surface area contributed by atoms with Crippen LogP contribution in [-0.4, -0.2) is 52.4 Å². The van der Waals surface area contributed by atoms with Crippen molar-refractivity contribution in [2.75, 3.05) is 19.5 Å². The molecule has 1 saturated heterocycles. The molecule has 8 nitrogen and oxygen atoms in total. The minimum atomic E-state index is -3.44. The molecule has 5 aromatic rings. The fourth-order valence-corrected chi connectivity index (χ4v) is 6.34. The fraction of sp³-hybridized carbons (Fsp3) is 0.321. The van der Waals surface area contributed by atoms with Crippen LogP contribution in [0.3, 0.4) is 0 Å². The Morgan fingerprint density at radius 1 is 1.08 bits per heavy atom. The lowest BCUT2D eigenvalue weighted by molar-refractivity contribution is 0.0553. The van der Waals surface area contributed by atoms with E-state index in [9.17, 15) is 12.8 Å². The van der Waals surface area contributed by atoms with Gasteiger partial charge in [0.25, 0.3) is 0 Å². The second kappa shape index (κ2) is 9.59. The third-order valence-corrected chi connectivity index (χ3v) is 8.58. The Kier molecular flexibility index (Phi) is 6.23. The summed E-state index contributed by atoms with van der Waals surface area (Å²) < 4.78 is 48.4. The van der Waals surface area contributed by atoms with E-state index in [1.165, 1.54) is 6.26 Å². The Morgan fingerprint density at radius 2 is 1.84 bits per heavy atom. The number of hydrogen-bond acceptors (Lipinski definition) is 6. The molecule has 4 heterocycles. The van der Waals surface area contributed by atoms with Crippen LogP contribution in [0, 0.1) is 5.92 Å². The highest BCUT2D eigenvalue weighted by Gasteiger charge is 2.31. The van der Waals surface area contributed by atoms with E-state index >= 15 is 0 Å². The summed E-state index contributed by atoms with van der Waals surface area (Å²) in [5.41, 5.74) is 5.03. The van der Waals surface area contributed by atoms with Gasteiger partial charge in [0.2, 0.25) is 0 Å². The molecule has 3 aromatic heterocycles. The summed E-state index contributed by atoms with van der Waals surface area (Å²) in [7, 11) is -1.71. The van der Waals surface area contributed by atoms with Crippen LogP contribution in [0.1, 0.15) is 30.1 Å². The first-order valence-electron chi connectivity index (χ1n) is 12.6. The summed E-state index contributed by atoms with van der Waals surface area (Å²) in [5.74, 6) is 0.260. The molecule has 10 heteroatoms. The topological polar surface area (TPSA) is 91.9 Å². The molecule has 38 heavy (non-hydrogen) atoms. The van der Waals surface area contributed by atoms with E-state index in [0.717, 1.165) is 40.3 Å². The number of pyridine rings is 1. The monoisotopic (exact) mass is 533 g/mol. The fourth-order valence-electron chi connectivity index (χ4n) is 5.70. The van der Waals surface area contributed by atoms with Crippen LogP contribution in [0.2, 0.25) is 0 Å². The number of sulfone groups is 1. The van der Waals surface area contributed by atoms with Gasteiger partial charge in [0.15, 0.2) is 9.84 Å². The van der Waals surface area contributed by atoms with Gasteiger partial charge in [-0.1, -0.05) is 35.5 Å². The molecule has 1 atom stereocenters. The van der Waals surface area contributed by atoms with Gasteiger partial charge in [0.1, 0.15) is 12.4 Å². The van der Waals surface area contributed by atoms with Crippen molar-refractivity contribution in [3.63, 3.8) is 0 Å². The number of aryl methyl sites for hydroxylation is 1. The van der Waals surface area contributed by atoms with E-state index in [1.54, 1.807) is 30.1 Å². The molecule has 0 N–H and O–H groups in total. The minimum Gasteiger partial charge on any atom is -0.381 e. The molecule has 1 aliphatic rings. The van der Waals surface area contributed by atoms with Gasteiger partial charge in [-0.25, -0.2) is 17.5 Å². The smallest absolute Gasteiger partial charge is 0.175 e. The molecule has 1 fully saturated rings. The Bertz CT molecular complexity index is 1740. The second-order valence-corrected chi connectivity index (χ2v) is 11.9. The zero-order valence-corrected chi connectivity index (χ0v) is 22.0. The molecule has 0 amide bonds. The number of aromatic nitrogens is 5. The highest BCUT2D eigenvalue weighted by atomic mass is 32.2. The number of rotatable bonds is 6. The van der Waals surface area contributed by atoms with Crippen molar-refractivity contribution in [1.82, 2.24) is 24.5 Å². The van der Waals surface area contributed by atoms with Gasteiger partial charge in [0, 0.05) is 43.7 Å². The van der Waals surface area contributed by atoms with Gasteiger partial charge in [-0.15, -0.1) is 5.10 Å². The summed E-state index contributed by atoms with van der Waals surface area (Å²) in [6, 6.07) is 17.4. The largest absolute Gasteiger partial charge is 0.381 e. The van der Waals surface area contributed by atoms with Crippen molar-refractivity contribution in [3.8, 4) is 11.3 Å². The van der Waals surface area contributed by atoms with E-state index in [0.29, 0.717) is 24.5 Å². The van der Waals surface area contributed by atoms with Crippen molar-refractivity contribution in [2.24, 2.45) is 13.0 Å². The van der Waals surface area contributed by atoms with Crippen LogP contribution >= 0.6 is 0 Å². The molecule has 1 aliphatic heterocycles. The molecule has 6 rings (SSSR count). The maximum Gasteiger partial charge on any atom is 0.175 e. The van der Waals surface area contributed by atoms with Gasteiger partial charge in [-0.2, -0.15) is 0 Å². The first-order valence-corrected chi connectivity index (χ1v) is 14.5. The van der Waals surface area contributed by atoms with E-state index < -0.39 is 16.5 Å².